The van der Waals surface area contributed by atoms with Crippen molar-refractivity contribution in [2.45, 2.75) is 91.0 Å². The molecule has 2 N–H and O–H groups in total. The number of ketones is 1. The van der Waals surface area contributed by atoms with Gasteiger partial charge < -0.3 is 14.9 Å². The molecule has 0 aromatic heterocycles. The molecule has 4 aliphatic carbocycles. The summed E-state index contributed by atoms with van der Waals surface area (Å²) in [6.07, 6.45) is 12.8. The van der Waals surface area contributed by atoms with Crippen molar-refractivity contribution < 1.29 is 19.7 Å². The van der Waals surface area contributed by atoms with E-state index in [2.05, 4.69) is 26.5 Å². The molecule has 35 heavy (non-hydrogen) atoms. The summed E-state index contributed by atoms with van der Waals surface area (Å²) in [6, 6.07) is 6.98. The van der Waals surface area contributed by atoms with Crippen LogP contribution < -0.4 is 0 Å². The average molecular weight is 479 g/mol. The summed E-state index contributed by atoms with van der Waals surface area (Å²) in [4.78, 5) is 13.0. The lowest BCUT2D eigenvalue weighted by Gasteiger charge is -2.60. The topological polar surface area (TPSA) is 66.8 Å². The van der Waals surface area contributed by atoms with E-state index in [1.165, 1.54) is 5.57 Å². The molecule has 4 heteroatoms. The van der Waals surface area contributed by atoms with Gasteiger partial charge in [0.2, 0.25) is 0 Å². The average Bonchev–Trinajstić information content (AvgIpc) is 3.13. The van der Waals surface area contributed by atoms with E-state index in [0.717, 1.165) is 50.5 Å². The number of fused-ring (bicyclic) bond motifs is 5. The Morgan fingerprint density at radius 1 is 1.11 bits per heavy atom. The summed E-state index contributed by atoms with van der Waals surface area (Å²) in [7, 11) is 0. The number of carbonyl (C=O) groups excluding carboxylic acids is 1. The lowest BCUT2D eigenvalue weighted by atomic mass is 9.45. The van der Waals surface area contributed by atoms with Crippen LogP contribution in [0, 0.1) is 34.0 Å². The molecule has 0 saturated heterocycles. The minimum absolute atomic E-state index is 0.0541. The van der Waals surface area contributed by atoms with E-state index in [4.69, 9.17) is 4.74 Å². The number of hydrogen-bond donors (Lipinski definition) is 2. The van der Waals surface area contributed by atoms with Gasteiger partial charge in [0.15, 0.2) is 5.79 Å². The molecular weight excluding hydrogens is 436 g/mol. The van der Waals surface area contributed by atoms with Crippen molar-refractivity contribution in [3.8, 4) is 5.75 Å². The number of hydrogen-bond acceptors (Lipinski definition) is 4. The largest absolute Gasteiger partial charge is 0.508 e. The van der Waals surface area contributed by atoms with Crippen molar-refractivity contribution >= 4 is 5.78 Å². The van der Waals surface area contributed by atoms with E-state index in [-0.39, 0.29) is 22.0 Å². The fraction of sp³-hybridized carbons (Fsp3) is 0.645. The Balaban J connectivity index is 1.35. The fourth-order valence-electron chi connectivity index (χ4n) is 8.99. The standard InChI is InChI=1S/C31H42O4/c1-5-14-30(21(2)32)16-13-27-25-11-8-23-19-31(34,35-20-22-6-9-24(33)10-7-22)18-17-28(23,3)26(25)12-15-29(27,30)4/h5-10,25-27,33-34H,1,11-20H2,2-4H3. The number of allylic oxidation sites excluding steroid dienone is 2. The number of phenolic OH excluding ortho intramolecular Hbond substituents is 1. The molecule has 0 heterocycles. The molecular formula is C31H42O4. The normalized spacial score (nSPS) is 42.4. The zero-order valence-electron chi connectivity index (χ0n) is 21.7. The zero-order chi connectivity index (χ0) is 25.1. The third-order valence-electron chi connectivity index (χ3n) is 11.1. The molecule has 3 saturated carbocycles. The second-order valence-electron chi connectivity index (χ2n) is 12.5. The van der Waals surface area contributed by atoms with Gasteiger partial charge >= 0.3 is 0 Å². The zero-order valence-corrected chi connectivity index (χ0v) is 21.7. The van der Waals surface area contributed by atoms with Crippen LogP contribution in [0.1, 0.15) is 84.1 Å². The molecule has 190 valence electrons. The number of aromatic hydroxyl groups is 1. The highest BCUT2D eigenvalue weighted by molar-refractivity contribution is 5.84. The highest BCUT2D eigenvalue weighted by Gasteiger charge is 2.65. The predicted octanol–water partition coefficient (Wildman–Crippen LogP) is 6.71. The Hall–Kier alpha value is -1.91. The van der Waals surface area contributed by atoms with E-state index in [1.54, 1.807) is 12.1 Å². The van der Waals surface area contributed by atoms with Crippen molar-refractivity contribution in [1.29, 1.82) is 0 Å². The van der Waals surface area contributed by atoms with Crippen LogP contribution in [0.4, 0.5) is 0 Å². The maximum Gasteiger partial charge on any atom is 0.169 e. The Labute approximate surface area is 210 Å². The lowest BCUT2D eigenvalue weighted by Crippen LogP contribution is -2.55. The van der Waals surface area contributed by atoms with Crippen LogP contribution in [0.15, 0.2) is 48.6 Å². The third-order valence-corrected chi connectivity index (χ3v) is 11.1. The van der Waals surface area contributed by atoms with Crippen LogP contribution in [0.25, 0.3) is 0 Å². The summed E-state index contributed by atoms with van der Waals surface area (Å²) in [5.74, 6) is 1.24. The van der Waals surface area contributed by atoms with E-state index in [9.17, 15) is 15.0 Å². The van der Waals surface area contributed by atoms with E-state index >= 15 is 0 Å². The van der Waals surface area contributed by atoms with Crippen molar-refractivity contribution in [1.82, 2.24) is 0 Å². The van der Waals surface area contributed by atoms with Gasteiger partial charge in [-0.1, -0.05) is 43.7 Å². The molecule has 1 aromatic rings. The maximum atomic E-state index is 13.0. The molecule has 0 aliphatic heterocycles. The summed E-state index contributed by atoms with van der Waals surface area (Å²) in [5.41, 5.74) is 2.22. The SMILES string of the molecule is C=CCC1(C(C)=O)CCC2C3CC=C4CC(O)(OCc5ccc(O)cc5)CCC4(C)C3CCC21C. The fourth-order valence-corrected chi connectivity index (χ4v) is 8.99. The molecule has 4 nitrogen and oxygen atoms in total. The number of rotatable bonds is 6. The van der Waals surface area contributed by atoms with Gasteiger partial charge in [0.05, 0.1) is 6.61 Å². The Bertz CT molecular complexity index is 1030. The Morgan fingerprint density at radius 2 is 1.83 bits per heavy atom. The Kier molecular flexibility index (Phi) is 6.08. The second-order valence-corrected chi connectivity index (χ2v) is 12.5. The van der Waals surface area contributed by atoms with Gasteiger partial charge in [0, 0.05) is 18.3 Å². The van der Waals surface area contributed by atoms with Crippen molar-refractivity contribution in [2.75, 3.05) is 0 Å². The van der Waals surface area contributed by atoms with Crippen LogP contribution >= 0.6 is 0 Å². The number of benzene rings is 1. The molecule has 4 aliphatic rings. The highest BCUT2D eigenvalue weighted by Crippen LogP contribution is 2.70. The molecule has 7 unspecified atom stereocenters. The Morgan fingerprint density at radius 3 is 2.51 bits per heavy atom. The van der Waals surface area contributed by atoms with Crippen LogP contribution in [-0.4, -0.2) is 21.8 Å². The van der Waals surface area contributed by atoms with E-state index in [0.29, 0.717) is 43.0 Å². The van der Waals surface area contributed by atoms with Gasteiger partial charge in [-0.15, -0.1) is 6.58 Å². The number of phenols is 1. The minimum atomic E-state index is -1.14. The molecule has 5 rings (SSSR count). The molecule has 0 spiro atoms. The smallest absolute Gasteiger partial charge is 0.169 e. The number of ether oxygens (including phenoxy) is 1. The van der Waals surface area contributed by atoms with Crippen molar-refractivity contribution in [2.24, 2.45) is 34.0 Å². The van der Waals surface area contributed by atoms with Crippen LogP contribution in [0.5, 0.6) is 5.75 Å². The molecule has 0 radical (unpaired) electrons. The predicted molar refractivity (Wildman–Crippen MR) is 137 cm³/mol. The van der Waals surface area contributed by atoms with Crippen molar-refractivity contribution in [3.63, 3.8) is 0 Å². The number of aliphatic hydroxyl groups is 1. The van der Waals surface area contributed by atoms with Crippen LogP contribution in [0.3, 0.4) is 0 Å². The van der Waals surface area contributed by atoms with Crippen LogP contribution in [0.2, 0.25) is 0 Å². The summed E-state index contributed by atoms with van der Waals surface area (Å²) in [5, 5.41) is 20.9. The third kappa shape index (κ3) is 3.74. The van der Waals surface area contributed by atoms with Gasteiger partial charge in [0.25, 0.3) is 0 Å². The molecule has 3 fully saturated rings. The monoisotopic (exact) mass is 478 g/mol. The first kappa shape index (κ1) is 24.8. The van der Waals surface area contributed by atoms with E-state index < -0.39 is 5.79 Å². The molecule has 0 amide bonds. The van der Waals surface area contributed by atoms with Gasteiger partial charge in [0.1, 0.15) is 11.5 Å². The highest BCUT2D eigenvalue weighted by atomic mass is 16.6. The molecule has 1 aromatic carbocycles. The summed E-state index contributed by atoms with van der Waals surface area (Å²) >= 11 is 0. The summed E-state index contributed by atoms with van der Waals surface area (Å²) < 4.78 is 6.08. The quantitative estimate of drug-likeness (QED) is 0.352. The van der Waals surface area contributed by atoms with Gasteiger partial charge in [-0.2, -0.15) is 0 Å². The second kappa shape index (κ2) is 8.59. The molecule has 7 atom stereocenters. The van der Waals surface area contributed by atoms with Gasteiger partial charge in [-0.3, -0.25) is 4.79 Å². The van der Waals surface area contributed by atoms with E-state index in [1.807, 2.05) is 25.1 Å². The summed E-state index contributed by atoms with van der Waals surface area (Å²) in [6.45, 7) is 11.0. The number of carbonyl (C=O) groups is 1. The molecule has 0 bridgehead atoms. The number of Topliss-reactive ketones (excluding diaryl/α,β-unsaturated/α-hetero) is 1. The maximum absolute atomic E-state index is 13.0. The lowest BCUT2D eigenvalue weighted by molar-refractivity contribution is -0.231. The van der Waals surface area contributed by atoms with Crippen molar-refractivity contribution in [3.05, 3.63) is 54.1 Å². The first-order valence-corrected chi connectivity index (χ1v) is 13.5. The first-order chi connectivity index (χ1) is 16.6. The first-order valence-electron chi connectivity index (χ1n) is 13.5. The van der Waals surface area contributed by atoms with Crippen LogP contribution in [-0.2, 0) is 16.1 Å². The minimum Gasteiger partial charge on any atom is -0.508 e. The van der Waals surface area contributed by atoms with Gasteiger partial charge in [-0.25, -0.2) is 0 Å². The van der Waals surface area contributed by atoms with Gasteiger partial charge in [-0.05, 0) is 98.1 Å².